The summed E-state index contributed by atoms with van der Waals surface area (Å²) in [5.74, 6) is -0.451. The van der Waals surface area contributed by atoms with Crippen molar-refractivity contribution in [1.82, 2.24) is 4.98 Å². The number of hydrogen-bond donors (Lipinski definition) is 0. The summed E-state index contributed by atoms with van der Waals surface area (Å²) in [6.07, 6.45) is 1.47. The molecule has 0 bridgehead atoms. The van der Waals surface area contributed by atoms with Gasteiger partial charge < -0.3 is 0 Å². The fourth-order valence-electron chi connectivity index (χ4n) is 1.39. The van der Waals surface area contributed by atoms with E-state index >= 15 is 0 Å². The molecule has 1 aromatic carbocycles. The largest absolute Gasteiger partial charge is 0.228 e. The lowest BCUT2D eigenvalue weighted by atomic mass is 10.1. The number of hydrogen-bond acceptors (Lipinski definition) is 1. The predicted molar refractivity (Wildman–Crippen MR) is 61.4 cm³/mol. The quantitative estimate of drug-likeness (QED) is 0.596. The summed E-state index contributed by atoms with van der Waals surface area (Å²) < 4.78 is 12.9. The molecule has 1 nitrogen and oxygen atoms in total. The minimum absolute atomic E-state index is 0.0104. The van der Waals surface area contributed by atoms with Gasteiger partial charge in [0, 0.05) is 6.20 Å². The highest BCUT2D eigenvalue weighted by Crippen LogP contribution is 2.30. The van der Waals surface area contributed by atoms with Crippen molar-refractivity contribution in [3.8, 4) is 0 Å². The molecular formula is C12H9BrFN. The summed E-state index contributed by atoms with van der Waals surface area (Å²) in [6.45, 7) is 0. The first kappa shape index (κ1) is 10.3. The van der Waals surface area contributed by atoms with E-state index in [1.54, 1.807) is 6.07 Å². The Morgan fingerprint density at radius 2 is 1.80 bits per heavy atom. The highest BCUT2D eigenvalue weighted by Gasteiger charge is 2.10. The van der Waals surface area contributed by atoms with Crippen molar-refractivity contribution in [2.75, 3.05) is 0 Å². The van der Waals surface area contributed by atoms with Gasteiger partial charge in [0.2, 0.25) is 5.95 Å². The minimum Gasteiger partial charge on any atom is -0.228 e. The Balaban J connectivity index is 2.32. The molecule has 1 aromatic heterocycles. The highest BCUT2D eigenvalue weighted by atomic mass is 79.9. The Bertz CT molecular complexity index is 444. The molecule has 1 unspecified atom stereocenters. The normalized spacial score (nSPS) is 12.4. The van der Waals surface area contributed by atoms with Gasteiger partial charge in [-0.15, -0.1) is 0 Å². The number of rotatable bonds is 2. The van der Waals surface area contributed by atoms with Crippen molar-refractivity contribution in [2.24, 2.45) is 0 Å². The maximum absolute atomic E-state index is 12.9. The molecule has 0 saturated heterocycles. The number of pyridine rings is 1. The topological polar surface area (TPSA) is 12.9 Å². The molecular weight excluding hydrogens is 257 g/mol. The zero-order valence-corrected chi connectivity index (χ0v) is 9.49. The third kappa shape index (κ3) is 2.42. The number of benzene rings is 1. The van der Waals surface area contributed by atoms with E-state index in [0.29, 0.717) is 0 Å². The van der Waals surface area contributed by atoms with E-state index in [9.17, 15) is 4.39 Å². The van der Waals surface area contributed by atoms with Crippen LogP contribution in [0.3, 0.4) is 0 Å². The Kier molecular flexibility index (Phi) is 3.11. The van der Waals surface area contributed by atoms with Crippen LogP contribution in [0.2, 0.25) is 0 Å². The zero-order chi connectivity index (χ0) is 10.7. The van der Waals surface area contributed by atoms with E-state index in [1.165, 1.54) is 12.3 Å². The maximum Gasteiger partial charge on any atom is 0.213 e. The van der Waals surface area contributed by atoms with Crippen molar-refractivity contribution in [3.63, 3.8) is 0 Å². The molecule has 1 atom stereocenters. The average molecular weight is 266 g/mol. The summed E-state index contributed by atoms with van der Waals surface area (Å²) >= 11 is 3.53. The molecule has 0 N–H and O–H groups in total. The molecule has 0 aliphatic carbocycles. The lowest BCUT2D eigenvalue weighted by Crippen LogP contribution is -1.94. The summed E-state index contributed by atoms with van der Waals surface area (Å²) in [5, 5.41) is 0. The second kappa shape index (κ2) is 4.53. The van der Waals surface area contributed by atoms with E-state index in [0.717, 1.165) is 11.1 Å². The second-order valence-corrected chi connectivity index (χ2v) is 4.10. The van der Waals surface area contributed by atoms with Crippen LogP contribution < -0.4 is 0 Å². The molecule has 2 rings (SSSR count). The molecule has 0 spiro atoms. The van der Waals surface area contributed by atoms with Gasteiger partial charge in [-0.25, -0.2) is 4.98 Å². The predicted octanol–water partition coefficient (Wildman–Crippen LogP) is 3.71. The lowest BCUT2D eigenvalue weighted by molar-refractivity contribution is 0.582. The van der Waals surface area contributed by atoms with Crippen LogP contribution in [0.15, 0.2) is 48.7 Å². The Morgan fingerprint density at radius 1 is 1.07 bits per heavy atom. The van der Waals surface area contributed by atoms with Crippen LogP contribution in [-0.2, 0) is 0 Å². The smallest absolute Gasteiger partial charge is 0.213 e. The van der Waals surface area contributed by atoms with Gasteiger partial charge >= 0.3 is 0 Å². The van der Waals surface area contributed by atoms with E-state index in [-0.39, 0.29) is 4.83 Å². The zero-order valence-electron chi connectivity index (χ0n) is 7.90. The average Bonchev–Trinajstić information content (AvgIpc) is 2.29. The second-order valence-electron chi connectivity index (χ2n) is 3.19. The molecule has 0 radical (unpaired) electrons. The van der Waals surface area contributed by atoms with Gasteiger partial charge in [0.1, 0.15) is 0 Å². The van der Waals surface area contributed by atoms with Crippen LogP contribution in [-0.4, -0.2) is 4.98 Å². The Labute approximate surface area is 96.1 Å². The molecule has 3 heteroatoms. The molecule has 76 valence electrons. The molecule has 0 amide bonds. The fraction of sp³-hybridized carbons (Fsp3) is 0.0833. The van der Waals surface area contributed by atoms with Gasteiger partial charge in [-0.3, -0.25) is 0 Å². The summed E-state index contributed by atoms with van der Waals surface area (Å²) in [4.78, 5) is 3.54. The van der Waals surface area contributed by atoms with Crippen LogP contribution in [0, 0.1) is 5.95 Å². The third-order valence-corrected chi connectivity index (χ3v) is 3.19. The monoisotopic (exact) mass is 265 g/mol. The molecule has 2 aromatic rings. The van der Waals surface area contributed by atoms with Gasteiger partial charge in [-0.1, -0.05) is 46.3 Å². The van der Waals surface area contributed by atoms with Crippen molar-refractivity contribution in [2.45, 2.75) is 4.83 Å². The van der Waals surface area contributed by atoms with Gasteiger partial charge in [0.05, 0.1) is 4.83 Å². The first-order chi connectivity index (χ1) is 7.27. The Morgan fingerprint density at radius 3 is 2.47 bits per heavy atom. The SMILES string of the molecule is Fc1cc(C(Br)c2ccccc2)ccn1. The minimum atomic E-state index is -0.451. The van der Waals surface area contributed by atoms with Crippen LogP contribution in [0.4, 0.5) is 4.39 Å². The van der Waals surface area contributed by atoms with Crippen molar-refractivity contribution in [1.29, 1.82) is 0 Å². The van der Waals surface area contributed by atoms with Gasteiger partial charge in [0.25, 0.3) is 0 Å². The molecule has 0 aliphatic rings. The third-order valence-electron chi connectivity index (χ3n) is 2.14. The van der Waals surface area contributed by atoms with Gasteiger partial charge in [-0.05, 0) is 23.3 Å². The summed E-state index contributed by atoms with van der Waals surface area (Å²) in [6, 6.07) is 13.1. The fourth-order valence-corrected chi connectivity index (χ4v) is 1.98. The molecule has 0 aliphatic heterocycles. The number of halogens is 2. The number of alkyl halides is 1. The summed E-state index contributed by atoms with van der Waals surface area (Å²) in [5.41, 5.74) is 1.97. The molecule has 0 fully saturated rings. The van der Waals surface area contributed by atoms with Crippen molar-refractivity contribution in [3.05, 3.63) is 65.7 Å². The molecule has 15 heavy (non-hydrogen) atoms. The van der Waals surface area contributed by atoms with E-state index < -0.39 is 5.95 Å². The van der Waals surface area contributed by atoms with Crippen LogP contribution in [0.5, 0.6) is 0 Å². The Hall–Kier alpha value is -1.22. The number of nitrogens with zero attached hydrogens (tertiary/aromatic N) is 1. The first-order valence-electron chi connectivity index (χ1n) is 4.58. The first-order valence-corrected chi connectivity index (χ1v) is 5.49. The highest BCUT2D eigenvalue weighted by molar-refractivity contribution is 9.09. The number of aromatic nitrogens is 1. The molecule has 1 heterocycles. The van der Waals surface area contributed by atoms with E-state index in [4.69, 9.17) is 0 Å². The van der Waals surface area contributed by atoms with E-state index in [1.807, 2.05) is 30.3 Å². The van der Waals surface area contributed by atoms with Crippen molar-refractivity contribution < 1.29 is 4.39 Å². The van der Waals surface area contributed by atoms with Crippen LogP contribution in [0.1, 0.15) is 16.0 Å². The van der Waals surface area contributed by atoms with Crippen LogP contribution >= 0.6 is 15.9 Å². The van der Waals surface area contributed by atoms with Gasteiger partial charge in [0.15, 0.2) is 0 Å². The van der Waals surface area contributed by atoms with Crippen LogP contribution in [0.25, 0.3) is 0 Å². The maximum atomic E-state index is 12.9. The lowest BCUT2D eigenvalue weighted by Gasteiger charge is -2.09. The van der Waals surface area contributed by atoms with Crippen molar-refractivity contribution >= 4 is 15.9 Å². The molecule has 0 saturated carbocycles. The van der Waals surface area contributed by atoms with E-state index in [2.05, 4.69) is 20.9 Å². The standard InChI is InChI=1S/C12H9BrFN/c13-12(9-4-2-1-3-5-9)10-6-7-15-11(14)8-10/h1-8,12H. The van der Waals surface area contributed by atoms with Gasteiger partial charge in [-0.2, -0.15) is 4.39 Å². The summed E-state index contributed by atoms with van der Waals surface area (Å²) in [7, 11) is 0.